The molecule has 0 aliphatic carbocycles. The van der Waals surface area contributed by atoms with Crippen molar-refractivity contribution < 1.29 is 19.0 Å². The number of aryl methyl sites for hydroxylation is 2. The Labute approximate surface area is 278 Å². The molecule has 248 valence electrons. The van der Waals surface area contributed by atoms with Crippen LogP contribution >= 0.6 is 0 Å². The van der Waals surface area contributed by atoms with Crippen LogP contribution in [-0.4, -0.2) is 109 Å². The third-order valence-corrected chi connectivity index (χ3v) is 10.2. The summed E-state index contributed by atoms with van der Waals surface area (Å²) in [6.07, 6.45) is 2.08. The molecule has 1 aromatic heterocycles. The Hall–Kier alpha value is -4.05. The van der Waals surface area contributed by atoms with Gasteiger partial charge in [0.25, 0.3) is 5.91 Å². The first-order chi connectivity index (χ1) is 22.9. The molecule has 47 heavy (non-hydrogen) atoms. The van der Waals surface area contributed by atoms with E-state index in [1.165, 1.54) is 27.7 Å². The molecule has 2 fully saturated rings. The number of hydrogen-bond donors (Lipinski definition) is 0. The SMILES string of the molecule is Cc1c(C)n(CCCN2CCN(C)CC2)c2ccc(Oc3cccc(C(=O)N4CCN(CCc5ccc6c(c5)OCO6)CC4)c3)cc12. The van der Waals surface area contributed by atoms with E-state index in [-0.39, 0.29) is 5.91 Å². The number of hydrogen-bond acceptors (Lipinski definition) is 7. The number of likely N-dealkylation sites (N-methyl/N-ethyl adjacent to an activating group) is 1. The maximum atomic E-state index is 13.5. The minimum atomic E-state index is 0.0569. The molecule has 0 radical (unpaired) electrons. The lowest BCUT2D eigenvalue weighted by Gasteiger charge is -2.34. The molecular formula is C38H47N5O4. The van der Waals surface area contributed by atoms with E-state index in [4.69, 9.17) is 14.2 Å². The number of nitrogens with zero attached hydrogens (tertiary/aromatic N) is 5. The fraction of sp³-hybridized carbons (Fsp3) is 0.447. The number of carbonyl (C=O) groups excluding carboxylic acids is 1. The van der Waals surface area contributed by atoms with E-state index >= 15 is 0 Å². The van der Waals surface area contributed by atoms with Crippen LogP contribution in [0.2, 0.25) is 0 Å². The second-order valence-corrected chi connectivity index (χ2v) is 13.2. The quantitative estimate of drug-likeness (QED) is 0.230. The number of piperazine rings is 2. The van der Waals surface area contributed by atoms with E-state index in [0.717, 1.165) is 89.0 Å². The molecule has 2 saturated heterocycles. The Bertz CT molecular complexity index is 1720. The van der Waals surface area contributed by atoms with Gasteiger partial charge in [-0.3, -0.25) is 9.69 Å². The van der Waals surface area contributed by atoms with Gasteiger partial charge < -0.3 is 33.5 Å². The van der Waals surface area contributed by atoms with Crippen molar-refractivity contribution in [1.29, 1.82) is 0 Å². The van der Waals surface area contributed by atoms with Crippen LogP contribution in [0, 0.1) is 13.8 Å². The van der Waals surface area contributed by atoms with Crippen molar-refractivity contribution in [3.8, 4) is 23.0 Å². The van der Waals surface area contributed by atoms with Crippen LogP contribution in [0.25, 0.3) is 10.9 Å². The van der Waals surface area contributed by atoms with Crippen molar-refractivity contribution in [2.24, 2.45) is 0 Å². The minimum Gasteiger partial charge on any atom is -0.457 e. The minimum absolute atomic E-state index is 0.0569. The summed E-state index contributed by atoms with van der Waals surface area (Å²) >= 11 is 0. The monoisotopic (exact) mass is 637 g/mol. The number of benzene rings is 3. The van der Waals surface area contributed by atoms with Crippen LogP contribution in [0.4, 0.5) is 0 Å². The summed E-state index contributed by atoms with van der Waals surface area (Å²) in [6, 6.07) is 20.1. The number of fused-ring (bicyclic) bond motifs is 2. The molecule has 7 rings (SSSR count). The van der Waals surface area contributed by atoms with Crippen molar-refractivity contribution >= 4 is 16.8 Å². The van der Waals surface area contributed by atoms with Crippen molar-refractivity contribution in [3.05, 3.63) is 83.0 Å². The first-order valence-corrected chi connectivity index (χ1v) is 17.1. The predicted molar refractivity (Wildman–Crippen MR) is 185 cm³/mol. The molecule has 9 nitrogen and oxygen atoms in total. The topological polar surface area (TPSA) is 62.7 Å². The average molecular weight is 638 g/mol. The first kappa shape index (κ1) is 31.5. The molecule has 4 heterocycles. The van der Waals surface area contributed by atoms with Gasteiger partial charge in [0.1, 0.15) is 11.5 Å². The van der Waals surface area contributed by atoms with E-state index < -0.39 is 0 Å². The third-order valence-electron chi connectivity index (χ3n) is 10.2. The molecule has 3 aliphatic rings. The zero-order chi connectivity index (χ0) is 32.3. The van der Waals surface area contributed by atoms with E-state index in [0.29, 0.717) is 31.2 Å². The van der Waals surface area contributed by atoms with E-state index in [1.807, 2.05) is 35.2 Å². The highest BCUT2D eigenvalue weighted by molar-refractivity contribution is 5.94. The number of aromatic nitrogens is 1. The molecule has 9 heteroatoms. The van der Waals surface area contributed by atoms with Gasteiger partial charge in [0.05, 0.1) is 0 Å². The Kier molecular flexibility index (Phi) is 9.38. The maximum Gasteiger partial charge on any atom is 0.254 e. The molecule has 3 aromatic carbocycles. The molecule has 4 aromatic rings. The second-order valence-electron chi connectivity index (χ2n) is 13.2. The van der Waals surface area contributed by atoms with Gasteiger partial charge in [0, 0.05) is 87.6 Å². The van der Waals surface area contributed by atoms with Gasteiger partial charge in [0.15, 0.2) is 11.5 Å². The molecule has 0 bridgehead atoms. The van der Waals surface area contributed by atoms with Crippen LogP contribution in [0.5, 0.6) is 23.0 Å². The maximum absolute atomic E-state index is 13.5. The number of ether oxygens (including phenoxy) is 3. The van der Waals surface area contributed by atoms with Crippen LogP contribution < -0.4 is 14.2 Å². The Morgan fingerprint density at radius 2 is 1.51 bits per heavy atom. The first-order valence-electron chi connectivity index (χ1n) is 17.1. The van der Waals surface area contributed by atoms with Gasteiger partial charge in [-0.15, -0.1) is 0 Å². The van der Waals surface area contributed by atoms with Crippen LogP contribution in [0.15, 0.2) is 60.7 Å². The summed E-state index contributed by atoms with van der Waals surface area (Å²) < 4.78 is 19.7. The summed E-state index contributed by atoms with van der Waals surface area (Å²) in [5, 5.41) is 1.23. The summed E-state index contributed by atoms with van der Waals surface area (Å²) in [7, 11) is 2.21. The van der Waals surface area contributed by atoms with E-state index in [9.17, 15) is 4.79 Å². The molecule has 0 N–H and O–H groups in total. The fourth-order valence-electron chi connectivity index (χ4n) is 7.07. The van der Waals surface area contributed by atoms with E-state index in [2.05, 4.69) is 70.5 Å². The van der Waals surface area contributed by atoms with Gasteiger partial charge in [0.2, 0.25) is 6.79 Å². The Morgan fingerprint density at radius 3 is 2.34 bits per heavy atom. The molecule has 0 spiro atoms. The van der Waals surface area contributed by atoms with Crippen LogP contribution in [0.3, 0.4) is 0 Å². The van der Waals surface area contributed by atoms with E-state index in [1.54, 1.807) is 0 Å². The highest BCUT2D eigenvalue weighted by Crippen LogP contribution is 2.33. The normalized spacial score (nSPS) is 17.5. The zero-order valence-electron chi connectivity index (χ0n) is 28.0. The summed E-state index contributed by atoms with van der Waals surface area (Å²) in [5.41, 5.74) is 5.77. The van der Waals surface area contributed by atoms with Crippen molar-refractivity contribution in [2.75, 3.05) is 79.3 Å². The molecule has 3 aliphatic heterocycles. The third kappa shape index (κ3) is 7.12. The largest absolute Gasteiger partial charge is 0.457 e. The summed E-state index contributed by atoms with van der Waals surface area (Å²) in [5.74, 6) is 3.17. The lowest BCUT2D eigenvalue weighted by Crippen LogP contribution is -2.49. The molecular weight excluding hydrogens is 590 g/mol. The van der Waals surface area contributed by atoms with Gasteiger partial charge in [-0.25, -0.2) is 0 Å². The smallest absolute Gasteiger partial charge is 0.254 e. The summed E-state index contributed by atoms with van der Waals surface area (Å²) in [4.78, 5) is 22.9. The van der Waals surface area contributed by atoms with Gasteiger partial charge >= 0.3 is 0 Å². The molecule has 1 amide bonds. The number of carbonyl (C=O) groups is 1. The highest BCUT2D eigenvalue weighted by Gasteiger charge is 2.23. The fourth-order valence-corrected chi connectivity index (χ4v) is 7.07. The Morgan fingerprint density at radius 1 is 0.766 bits per heavy atom. The molecule has 0 atom stereocenters. The van der Waals surface area contributed by atoms with Gasteiger partial charge in [-0.2, -0.15) is 0 Å². The van der Waals surface area contributed by atoms with Crippen molar-refractivity contribution in [1.82, 2.24) is 24.2 Å². The zero-order valence-corrected chi connectivity index (χ0v) is 28.0. The average Bonchev–Trinajstić information content (AvgIpc) is 3.66. The molecule has 0 unspecified atom stereocenters. The number of amides is 1. The van der Waals surface area contributed by atoms with Crippen LogP contribution in [-0.2, 0) is 13.0 Å². The summed E-state index contributed by atoms with van der Waals surface area (Å²) in [6.45, 7) is 15.6. The predicted octanol–water partition coefficient (Wildman–Crippen LogP) is 5.42. The standard InChI is InChI=1S/C38H47N5O4/c1-28-29(2)43(14-5-13-40-18-16-39(3)17-19-40)35-10-9-33(26-34(28)35)47-32-7-4-6-31(25-32)38(44)42-22-20-41(21-23-42)15-12-30-8-11-36-37(24-30)46-27-45-36/h4,6-11,24-26H,5,12-23,27H2,1-3H3. The van der Waals surface area contributed by atoms with Gasteiger partial charge in [-0.1, -0.05) is 12.1 Å². The lowest BCUT2D eigenvalue weighted by molar-refractivity contribution is 0.0638. The second kappa shape index (κ2) is 14.0. The Balaban J connectivity index is 0.931. The number of rotatable bonds is 10. The van der Waals surface area contributed by atoms with Gasteiger partial charge in [-0.05, 0) is 99.9 Å². The lowest BCUT2D eigenvalue weighted by atomic mass is 10.1. The van der Waals surface area contributed by atoms with Crippen molar-refractivity contribution in [2.45, 2.75) is 33.2 Å². The molecule has 0 saturated carbocycles. The highest BCUT2D eigenvalue weighted by atomic mass is 16.7. The van der Waals surface area contributed by atoms with Crippen molar-refractivity contribution in [3.63, 3.8) is 0 Å². The van der Waals surface area contributed by atoms with Crippen LogP contribution in [0.1, 0.15) is 33.6 Å².